The lowest BCUT2D eigenvalue weighted by Crippen LogP contribution is -2.13. The lowest BCUT2D eigenvalue weighted by Gasteiger charge is -2.11. The Hall–Kier alpha value is -2.54. The Balaban J connectivity index is 2.12. The van der Waals surface area contributed by atoms with Crippen molar-refractivity contribution in [2.24, 2.45) is 0 Å². The van der Waals surface area contributed by atoms with Gasteiger partial charge in [0, 0.05) is 5.69 Å². The van der Waals surface area contributed by atoms with Crippen LogP contribution in [0.3, 0.4) is 0 Å². The van der Waals surface area contributed by atoms with Gasteiger partial charge in [0.15, 0.2) is 0 Å². The molecule has 0 unspecified atom stereocenters. The van der Waals surface area contributed by atoms with Gasteiger partial charge in [-0.3, -0.25) is 9.52 Å². The van der Waals surface area contributed by atoms with Crippen molar-refractivity contribution in [2.75, 3.05) is 18.4 Å². The van der Waals surface area contributed by atoms with E-state index in [0.717, 1.165) is 11.1 Å². The van der Waals surface area contributed by atoms with Crippen molar-refractivity contribution in [3.8, 4) is 5.75 Å². The summed E-state index contributed by atoms with van der Waals surface area (Å²) in [5.41, 5.74) is 1.90. The first-order valence-corrected chi connectivity index (χ1v) is 9.26. The van der Waals surface area contributed by atoms with Crippen molar-refractivity contribution in [1.29, 1.82) is 0 Å². The molecule has 0 aliphatic rings. The van der Waals surface area contributed by atoms with Gasteiger partial charge in [0.05, 0.1) is 25.0 Å². The first-order chi connectivity index (χ1) is 11.9. The molecule has 2 rings (SSSR count). The van der Waals surface area contributed by atoms with Crippen LogP contribution in [-0.4, -0.2) is 28.1 Å². The molecule has 0 amide bonds. The summed E-state index contributed by atoms with van der Waals surface area (Å²) >= 11 is 0. The van der Waals surface area contributed by atoms with Crippen LogP contribution in [0.1, 0.15) is 18.1 Å². The fourth-order valence-electron chi connectivity index (χ4n) is 2.30. The number of methoxy groups -OCH3 is 1. The maximum absolute atomic E-state index is 12.5. The summed E-state index contributed by atoms with van der Waals surface area (Å²) in [5, 5.41) is 0. The lowest BCUT2D eigenvalue weighted by atomic mass is 10.1. The third kappa shape index (κ3) is 4.96. The molecule has 0 saturated heterocycles. The molecule has 2 aromatic rings. The zero-order chi connectivity index (χ0) is 18.4. The monoisotopic (exact) mass is 363 g/mol. The Morgan fingerprint density at radius 1 is 1.12 bits per heavy atom. The van der Waals surface area contributed by atoms with Gasteiger partial charge in [-0.25, -0.2) is 8.42 Å². The van der Waals surface area contributed by atoms with Crippen molar-refractivity contribution >= 4 is 21.7 Å². The number of anilines is 1. The van der Waals surface area contributed by atoms with E-state index in [2.05, 4.69) is 4.72 Å². The molecular weight excluding hydrogens is 342 g/mol. The molecule has 1 N–H and O–H groups in total. The van der Waals surface area contributed by atoms with E-state index in [0.29, 0.717) is 18.0 Å². The largest absolute Gasteiger partial charge is 0.496 e. The standard InChI is InChI=1S/C18H21NO5S/c1-4-24-18(20)12-14-5-7-15(8-6-14)19-25(21,22)16-9-10-17(23-3)13(2)11-16/h5-11,19H,4,12H2,1-3H3. The number of carbonyl (C=O) groups excluding carboxylic acids is 1. The van der Waals surface area contributed by atoms with Crippen molar-refractivity contribution in [1.82, 2.24) is 0 Å². The van der Waals surface area contributed by atoms with E-state index in [4.69, 9.17) is 9.47 Å². The highest BCUT2D eigenvalue weighted by molar-refractivity contribution is 7.92. The van der Waals surface area contributed by atoms with Crippen LogP contribution in [0, 0.1) is 6.92 Å². The fraction of sp³-hybridized carbons (Fsp3) is 0.278. The SMILES string of the molecule is CCOC(=O)Cc1ccc(NS(=O)(=O)c2ccc(OC)c(C)c2)cc1. The predicted molar refractivity (Wildman–Crippen MR) is 95.3 cm³/mol. The number of carbonyl (C=O) groups is 1. The summed E-state index contributed by atoms with van der Waals surface area (Å²) in [6.45, 7) is 3.86. The Kier molecular flexibility index (Phi) is 6.03. The van der Waals surface area contributed by atoms with Crippen LogP contribution in [0.15, 0.2) is 47.4 Å². The second-order valence-corrected chi connectivity index (χ2v) is 7.10. The van der Waals surface area contributed by atoms with Gasteiger partial charge in [0.25, 0.3) is 10.0 Å². The van der Waals surface area contributed by atoms with Crippen LogP contribution >= 0.6 is 0 Å². The molecule has 0 fully saturated rings. The average molecular weight is 363 g/mol. The third-order valence-electron chi connectivity index (χ3n) is 3.54. The molecule has 134 valence electrons. The number of benzene rings is 2. The van der Waals surface area contributed by atoms with Crippen molar-refractivity contribution in [3.05, 3.63) is 53.6 Å². The molecule has 0 spiro atoms. The van der Waals surface area contributed by atoms with Gasteiger partial charge in [0.1, 0.15) is 5.75 Å². The van der Waals surface area contributed by atoms with Crippen LogP contribution in [0.4, 0.5) is 5.69 Å². The van der Waals surface area contributed by atoms with Gasteiger partial charge in [-0.2, -0.15) is 0 Å². The normalized spacial score (nSPS) is 11.0. The van der Waals surface area contributed by atoms with Crippen LogP contribution in [0.25, 0.3) is 0 Å². The number of hydrogen-bond acceptors (Lipinski definition) is 5. The molecular formula is C18H21NO5S. The molecule has 0 aliphatic carbocycles. The van der Waals surface area contributed by atoms with Crippen LogP contribution in [0.2, 0.25) is 0 Å². The Labute approximate surface area is 147 Å². The Morgan fingerprint density at radius 2 is 1.80 bits per heavy atom. The second-order valence-electron chi connectivity index (χ2n) is 5.42. The summed E-state index contributed by atoms with van der Waals surface area (Å²) in [6.07, 6.45) is 0.151. The molecule has 25 heavy (non-hydrogen) atoms. The van der Waals surface area contributed by atoms with Gasteiger partial charge in [0.2, 0.25) is 0 Å². The highest BCUT2D eigenvalue weighted by Crippen LogP contribution is 2.23. The summed E-state index contributed by atoms with van der Waals surface area (Å²) in [5.74, 6) is 0.312. The van der Waals surface area contributed by atoms with E-state index >= 15 is 0 Å². The third-order valence-corrected chi connectivity index (χ3v) is 4.92. The topological polar surface area (TPSA) is 81.7 Å². The average Bonchev–Trinajstić information content (AvgIpc) is 2.56. The molecule has 0 radical (unpaired) electrons. The van der Waals surface area contributed by atoms with Gasteiger partial charge in [-0.05, 0) is 55.3 Å². The number of hydrogen-bond donors (Lipinski definition) is 1. The number of sulfonamides is 1. The van der Waals surface area contributed by atoms with E-state index in [9.17, 15) is 13.2 Å². The lowest BCUT2D eigenvalue weighted by molar-refractivity contribution is -0.142. The summed E-state index contributed by atoms with van der Waals surface area (Å²) in [7, 11) is -2.17. The minimum atomic E-state index is -3.70. The number of rotatable bonds is 7. The van der Waals surface area contributed by atoms with Crippen molar-refractivity contribution in [2.45, 2.75) is 25.2 Å². The molecule has 0 saturated carbocycles. The first-order valence-electron chi connectivity index (χ1n) is 7.77. The molecule has 2 aromatic carbocycles. The molecule has 0 aliphatic heterocycles. The van der Waals surface area contributed by atoms with Crippen molar-refractivity contribution in [3.63, 3.8) is 0 Å². The zero-order valence-electron chi connectivity index (χ0n) is 14.4. The molecule has 0 aromatic heterocycles. The van der Waals surface area contributed by atoms with Gasteiger partial charge in [-0.15, -0.1) is 0 Å². The summed E-state index contributed by atoms with van der Waals surface area (Å²) < 4.78 is 37.5. The first kappa shape index (κ1) is 18.8. The molecule has 0 bridgehead atoms. The van der Waals surface area contributed by atoms with E-state index < -0.39 is 10.0 Å². The summed E-state index contributed by atoms with van der Waals surface area (Å²) in [6, 6.07) is 11.3. The Bertz CT molecular complexity index is 844. The van der Waals surface area contributed by atoms with Crippen molar-refractivity contribution < 1.29 is 22.7 Å². The van der Waals surface area contributed by atoms with E-state index in [1.807, 2.05) is 0 Å². The van der Waals surface area contributed by atoms with Gasteiger partial charge in [-0.1, -0.05) is 12.1 Å². The van der Waals surface area contributed by atoms with Gasteiger partial charge < -0.3 is 9.47 Å². The van der Waals surface area contributed by atoms with Crippen LogP contribution < -0.4 is 9.46 Å². The maximum atomic E-state index is 12.5. The number of ether oxygens (including phenoxy) is 2. The van der Waals surface area contributed by atoms with Crippen LogP contribution in [0.5, 0.6) is 5.75 Å². The Morgan fingerprint density at radius 3 is 2.36 bits per heavy atom. The highest BCUT2D eigenvalue weighted by Gasteiger charge is 2.16. The van der Waals surface area contributed by atoms with Crippen LogP contribution in [-0.2, 0) is 26.0 Å². The molecule has 7 heteroatoms. The summed E-state index contributed by atoms with van der Waals surface area (Å²) in [4.78, 5) is 11.6. The van der Waals surface area contributed by atoms with E-state index in [-0.39, 0.29) is 17.3 Å². The minimum absolute atomic E-state index is 0.151. The zero-order valence-corrected chi connectivity index (χ0v) is 15.2. The molecule has 6 nitrogen and oxygen atoms in total. The maximum Gasteiger partial charge on any atom is 0.310 e. The minimum Gasteiger partial charge on any atom is -0.496 e. The fourth-order valence-corrected chi connectivity index (χ4v) is 3.44. The number of esters is 1. The van der Waals surface area contributed by atoms with Gasteiger partial charge >= 0.3 is 5.97 Å². The molecule has 0 heterocycles. The predicted octanol–water partition coefficient (Wildman–Crippen LogP) is 2.91. The highest BCUT2D eigenvalue weighted by atomic mass is 32.2. The van der Waals surface area contributed by atoms with E-state index in [1.165, 1.54) is 13.2 Å². The second kappa shape index (κ2) is 8.02. The van der Waals surface area contributed by atoms with E-state index in [1.54, 1.807) is 50.2 Å². The number of aryl methyl sites for hydroxylation is 1. The molecule has 0 atom stereocenters. The quantitative estimate of drug-likeness (QED) is 0.765. The smallest absolute Gasteiger partial charge is 0.310 e. The number of nitrogens with one attached hydrogen (secondary N) is 1.